The molecule has 3 fully saturated rings. The molecule has 6 rings (SSSR count). The summed E-state index contributed by atoms with van der Waals surface area (Å²) in [5.41, 5.74) is 1.42. The molecule has 1 amide bonds. The van der Waals surface area contributed by atoms with Crippen LogP contribution in [-0.4, -0.2) is 79.0 Å². The number of hydrogen-bond acceptors (Lipinski definition) is 8. The zero-order valence-electron chi connectivity index (χ0n) is 23.4. The lowest BCUT2D eigenvalue weighted by Crippen LogP contribution is -2.48. The van der Waals surface area contributed by atoms with Crippen LogP contribution >= 0.6 is 23.4 Å². The van der Waals surface area contributed by atoms with Gasteiger partial charge in [0.05, 0.1) is 18.8 Å². The monoisotopic (exact) mass is 633 g/mol. The van der Waals surface area contributed by atoms with Crippen molar-refractivity contribution in [2.24, 2.45) is 0 Å². The number of aromatic nitrogens is 2. The van der Waals surface area contributed by atoms with Crippen molar-refractivity contribution in [3.8, 4) is 0 Å². The first-order chi connectivity index (χ1) is 20.7. The van der Waals surface area contributed by atoms with E-state index in [1.807, 2.05) is 17.0 Å². The zero-order valence-corrected chi connectivity index (χ0v) is 24.9. The number of hydrogen-bond donors (Lipinski definition) is 0. The second-order valence-corrected chi connectivity index (χ2v) is 12.1. The number of carbonyl (C=O) groups excluding carboxylic acids is 1. The molecule has 0 N–H and O–H groups in total. The van der Waals surface area contributed by atoms with Crippen LogP contribution < -0.4 is 9.80 Å². The quantitative estimate of drug-likeness (QED) is 0.193. The first-order valence-corrected chi connectivity index (χ1v) is 15.5. The fourth-order valence-corrected chi connectivity index (χ4v) is 6.63. The number of anilines is 2. The minimum atomic E-state index is -4.39. The molecule has 1 spiro atoms. The van der Waals surface area contributed by atoms with Crippen LogP contribution in [0.15, 0.2) is 59.8 Å². The Bertz CT molecular complexity index is 1440. The molecule has 228 valence electrons. The highest BCUT2D eigenvalue weighted by atomic mass is 35.5. The van der Waals surface area contributed by atoms with Crippen LogP contribution in [0.2, 0.25) is 5.15 Å². The maximum atomic E-state index is 13.1. The molecule has 2 aromatic carbocycles. The fraction of sp³-hybridized carbons (Fsp3) is 0.433. The number of nitrogens with zero attached hydrogens (tertiary/aromatic N) is 5. The van der Waals surface area contributed by atoms with Crippen LogP contribution in [0.1, 0.15) is 34.3 Å². The summed E-state index contributed by atoms with van der Waals surface area (Å²) in [5.74, 6) is 0.834. The summed E-state index contributed by atoms with van der Waals surface area (Å²) in [6.07, 6.45) is -2.85. The van der Waals surface area contributed by atoms with Gasteiger partial charge in [0.25, 0.3) is 5.91 Å². The predicted octanol–water partition coefficient (Wildman–Crippen LogP) is 5.75. The van der Waals surface area contributed by atoms with Gasteiger partial charge in [-0.1, -0.05) is 41.6 Å². The Kier molecular flexibility index (Phi) is 8.72. The highest BCUT2D eigenvalue weighted by Gasteiger charge is 2.40. The Morgan fingerprint density at radius 3 is 2.28 bits per heavy atom. The van der Waals surface area contributed by atoms with E-state index in [-0.39, 0.29) is 5.91 Å². The maximum Gasteiger partial charge on any atom is 0.416 e. The van der Waals surface area contributed by atoms with Crippen LogP contribution in [0, 0.1) is 0 Å². The molecule has 0 bridgehead atoms. The molecule has 0 radical (unpaired) electrons. The molecule has 0 unspecified atom stereocenters. The van der Waals surface area contributed by atoms with Gasteiger partial charge in [-0.15, -0.1) is 0 Å². The van der Waals surface area contributed by atoms with Crippen molar-refractivity contribution in [1.29, 1.82) is 0 Å². The molecule has 1 aromatic heterocycles. The second-order valence-electron chi connectivity index (χ2n) is 10.7. The van der Waals surface area contributed by atoms with Crippen LogP contribution in [0.3, 0.4) is 0 Å². The molecule has 0 saturated carbocycles. The minimum absolute atomic E-state index is 0.0950. The Morgan fingerprint density at radius 1 is 0.907 bits per heavy atom. The molecule has 8 nitrogen and oxygen atoms in total. The van der Waals surface area contributed by atoms with E-state index in [1.54, 1.807) is 29.2 Å². The molecule has 3 aromatic rings. The molecule has 3 aliphatic heterocycles. The van der Waals surface area contributed by atoms with Gasteiger partial charge in [-0.05, 0) is 35.9 Å². The maximum absolute atomic E-state index is 13.1. The number of thioether (sulfide) groups is 1. The molecule has 43 heavy (non-hydrogen) atoms. The van der Waals surface area contributed by atoms with E-state index < -0.39 is 17.5 Å². The molecular formula is C30H31ClF3N5O3S. The average Bonchev–Trinajstić information content (AvgIpc) is 3.47. The van der Waals surface area contributed by atoms with Crippen LogP contribution in [0.25, 0.3) is 0 Å². The Hall–Kier alpha value is -3.06. The second kappa shape index (κ2) is 12.5. The van der Waals surface area contributed by atoms with Gasteiger partial charge in [0.1, 0.15) is 11.0 Å². The molecule has 0 aliphatic carbocycles. The summed E-state index contributed by atoms with van der Waals surface area (Å²) in [7, 11) is 0. The van der Waals surface area contributed by atoms with Crippen molar-refractivity contribution in [2.75, 3.05) is 62.3 Å². The molecule has 0 atom stereocenters. The van der Waals surface area contributed by atoms with Gasteiger partial charge in [-0.2, -0.15) is 13.2 Å². The number of piperidine rings is 1. The van der Waals surface area contributed by atoms with Crippen LogP contribution in [0.4, 0.5) is 24.7 Å². The summed E-state index contributed by atoms with van der Waals surface area (Å²) >= 11 is 7.81. The number of amides is 1. The van der Waals surface area contributed by atoms with E-state index in [9.17, 15) is 18.0 Å². The van der Waals surface area contributed by atoms with E-state index >= 15 is 0 Å². The van der Waals surface area contributed by atoms with E-state index in [4.69, 9.17) is 26.1 Å². The third kappa shape index (κ3) is 7.03. The number of ether oxygens (including phenoxy) is 2. The van der Waals surface area contributed by atoms with Crippen LogP contribution in [-0.2, 0) is 21.4 Å². The van der Waals surface area contributed by atoms with E-state index in [0.717, 1.165) is 49.4 Å². The van der Waals surface area contributed by atoms with Gasteiger partial charge < -0.3 is 24.2 Å². The minimum Gasteiger partial charge on any atom is -0.368 e. The highest BCUT2D eigenvalue weighted by Crippen LogP contribution is 2.34. The summed E-state index contributed by atoms with van der Waals surface area (Å²) in [4.78, 5) is 28.0. The number of benzene rings is 2. The molecular weight excluding hydrogens is 603 g/mol. The van der Waals surface area contributed by atoms with Gasteiger partial charge in [0.15, 0.2) is 10.9 Å². The number of halogens is 4. The Balaban J connectivity index is 1.01. The Morgan fingerprint density at radius 2 is 1.60 bits per heavy atom. The lowest BCUT2D eigenvalue weighted by molar-refractivity contribution is -0.169. The van der Waals surface area contributed by atoms with Crippen molar-refractivity contribution in [3.05, 3.63) is 76.4 Å². The number of piperazine rings is 1. The van der Waals surface area contributed by atoms with E-state index in [2.05, 4.69) is 9.88 Å². The normalized spacial score (nSPS) is 18.8. The third-order valence-electron chi connectivity index (χ3n) is 8.00. The van der Waals surface area contributed by atoms with Crippen molar-refractivity contribution in [1.82, 2.24) is 14.9 Å². The van der Waals surface area contributed by atoms with Gasteiger partial charge >= 0.3 is 6.18 Å². The largest absolute Gasteiger partial charge is 0.416 e. The Labute approximate surface area is 257 Å². The standard InChI is InChI=1S/C30H31ClF3N5O3S/c31-25-19-26(38-10-8-29(9-11-38)41-16-17-42-29)36-28(35-25)43-20-21-4-6-22(7-5-21)27(40)39-14-12-37(13-15-39)24-3-1-2-23(18-24)30(32,33)34/h1-7,18-19H,8-17,20H2. The topological polar surface area (TPSA) is 71.0 Å². The van der Waals surface area contributed by atoms with Crippen molar-refractivity contribution in [3.63, 3.8) is 0 Å². The highest BCUT2D eigenvalue weighted by molar-refractivity contribution is 7.98. The van der Waals surface area contributed by atoms with Gasteiger partial charge in [0, 0.05) is 75.2 Å². The number of alkyl halides is 3. The van der Waals surface area contributed by atoms with Crippen molar-refractivity contribution < 1.29 is 27.4 Å². The summed E-state index contributed by atoms with van der Waals surface area (Å²) in [6, 6.07) is 14.5. The molecule has 13 heteroatoms. The van der Waals surface area contributed by atoms with Crippen LogP contribution in [0.5, 0.6) is 0 Å². The lowest BCUT2D eigenvalue weighted by Gasteiger charge is -2.38. The molecule has 4 heterocycles. The summed E-state index contributed by atoms with van der Waals surface area (Å²) in [6.45, 7) is 4.57. The van der Waals surface area contributed by atoms with Crippen molar-refractivity contribution >= 4 is 40.8 Å². The fourth-order valence-electron chi connectivity index (χ4n) is 5.59. The first kappa shape index (κ1) is 30.0. The predicted molar refractivity (Wildman–Crippen MR) is 159 cm³/mol. The lowest BCUT2D eigenvalue weighted by atomic mass is 10.0. The van der Waals surface area contributed by atoms with E-state index in [1.165, 1.54) is 17.8 Å². The molecule has 3 aliphatic rings. The SMILES string of the molecule is O=C(c1ccc(CSc2nc(Cl)cc(N3CCC4(CC3)OCCO4)n2)cc1)N1CCN(c2cccc(C(F)(F)F)c2)CC1. The van der Waals surface area contributed by atoms with Crippen molar-refractivity contribution in [2.45, 2.75) is 35.7 Å². The van der Waals surface area contributed by atoms with Gasteiger partial charge in [0.2, 0.25) is 0 Å². The third-order valence-corrected chi connectivity index (χ3v) is 9.11. The zero-order chi connectivity index (χ0) is 30.0. The van der Waals surface area contributed by atoms with Gasteiger partial charge in [-0.25, -0.2) is 9.97 Å². The summed E-state index contributed by atoms with van der Waals surface area (Å²) in [5, 5.41) is 0.963. The summed E-state index contributed by atoms with van der Waals surface area (Å²) < 4.78 is 51.0. The molecule has 3 saturated heterocycles. The average molecular weight is 634 g/mol. The first-order valence-electron chi connectivity index (χ1n) is 14.2. The van der Waals surface area contributed by atoms with E-state index in [0.29, 0.717) is 66.7 Å². The smallest absolute Gasteiger partial charge is 0.368 e. The number of carbonyl (C=O) groups is 1. The number of rotatable bonds is 6. The van der Waals surface area contributed by atoms with Gasteiger partial charge in [-0.3, -0.25) is 4.79 Å².